The van der Waals surface area contributed by atoms with Crippen LogP contribution in [0.15, 0.2) is 40.1 Å². The van der Waals surface area contributed by atoms with Crippen LogP contribution in [-0.2, 0) is 6.42 Å². The van der Waals surface area contributed by atoms with Crippen molar-refractivity contribution in [2.75, 3.05) is 47.5 Å². The Morgan fingerprint density at radius 1 is 1.03 bits per heavy atom. The van der Waals surface area contributed by atoms with Gasteiger partial charge in [-0.15, -0.1) is 0 Å². The fraction of sp³-hybridized carbons (Fsp3) is 0.448. The molecule has 9 heteroatoms. The monoisotopic (exact) mass is 539 g/mol. The number of rotatable bonds is 8. The quantitative estimate of drug-likeness (QED) is 0.323. The molecule has 202 valence electrons. The van der Waals surface area contributed by atoms with Crippen molar-refractivity contribution in [1.82, 2.24) is 9.63 Å². The Balaban J connectivity index is 1.58. The second-order valence-electron chi connectivity index (χ2n) is 9.92. The summed E-state index contributed by atoms with van der Waals surface area (Å²) in [5.41, 5.74) is 2.97. The lowest BCUT2D eigenvalue weighted by atomic mass is 9.80. The van der Waals surface area contributed by atoms with Gasteiger partial charge in [-0.1, -0.05) is 11.6 Å². The summed E-state index contributed by atoms with van der Waals surface area (Å²) in [6, 6.07) is 8.83. The van der Waals surface area contributed by atoms with Gasteiger partial charge in [0.05, 0.1) is 43.5 Å². The Labute approximate surface area is 227 Å². The predicted molar refractivity (Wildman–Crippen MR) is 149 cm³/mol. The van der Waals surface area contributed by atoms with E-state index in [4.69, 9.17) is 30.8 Å². The van der Waals surface area contributed by atoms with E-state index >= 15 is 0 Å². The van der Waals surface area contributed by atoms with Crippen molar-refractivity contribution in [3.63, 3.8) is 0 Å². The lowest BCUT2D eigenvalue weighted by molar-refractivity contribution is 0.186. The summed E-state index contributed by atoms with van der Waals surface area (Å²) < 4.78 is 17.8. The molecule has 0 amide bonds. The zero-order valence-corrected chi connectivity index (χ0v) is 22.9. The largest absolute Gasteiger partial charge is 0.493 e. The SMILES string of the molecule is COc1cc(C2CC(=NCCCN3CCCC3)c3c(n(O)c4ccc(Cl)cc4c3=O)C2)cc(OC)c1OC. The topological polar surface area (TPSA) is 85.5 Å². The van der Waals surface area contributed by atoms with E-state index in [2.05, 4.69) is 4.90 Å². The number of benzene rings is 2. The van der Waals surface area contributed by atoms with Gasteiger partial charge in [-0.05, 0) is 93.6 Å². The summed E-state index contributed by atoms with van der Waals surface area (Å²) in [4.78, 5) is 21.1. The van der Waals surface area contributed by atoms with Crippen LogP contribution in [0.5, 0.6) is 17.2 Å². The number of methoxy groups -OCH3 is 3. The number of fused-ring (bicyclic) bond motifs is 2. The van der Waals surface area contributed by atoms with Gasteiger partial charge < -0.3 is 24.3 Å². The molecule has 1 atom stereocenters. The summed E-state index contributed by atoms with van der Waals surface area (Å²) in [5.74, 6) is 1.58. The number of aromatic nitrogens is 1. The summed E-state index contributed by atoms with van der Waals surface area (Å²) >= 11 is 6.21. The lowest BCUT2D eigenvalue weighted by Gasteiger charge is -2.28. The number of hydrogen-bond donors (Lipinski definition) is 1. The summed E-state index contributed by atoms with van der Waals surface area (Å²) in [6.07, 6.45) is 4.43. The van der Waals surface area contributed by atoms with Crippen molar-refractivity contribution in [2.24, 2.45) is 4.99 Å². The van der Waals surface area contributed by atoms with Crippen LogP contribution in [0.4, 0.5) is 0 Å². The number of nitrogens with zero attached hydrogens (tertiary/aromatic N) is 3. The molecule has 1 aliphatic carbocycles. The zero-order valence-electron chi connectivity index (χ0n) is 22.1. The molecule has 2 aromatic carbocycles. The minimum atomic E-state index is -0.149. The Hall–Kier alpha value is -3.23. The summed E-state index contributed by atoms with van der Waals surface area (Å²) in [7, 11) is 4.76. The molecular formula is C29H34ClN3O5. The highest BCUT2D eigenvalue weighted by Crippen LogP contribution is 2.43. The molecule has 0 spiro atoms. The van der Waals surface area contributed by atoms with Crippen LogP contribution < -0.4 is 19.6 Å². The van der Waals surface area contributed by atoms with Crippen LogP contribution in [0.1, 0.15) is 48.4 Å². The van der Waals surface area contributed by atoms with E-state index < -0.39 is 0 Å². The van der Waals surface area contributed by atoms with Crippen molar-refractivity contribution < 1.29 is 19.4 Å². The number of ether oxygens (including phenoxy) is 3. The molecule has 3 aromatic rings. The van der Waals surface area contributed by atoms with Gasteiger partial charge >= 0.3 is 0 Å². The second kappa shape index (κ2) is 11.3. The van der Waals surface area contributed by atoms with Crippen LogP contribution in [-0.4, -0.2) is 68.1 Å². The number of aliphatic imine (C=N–C) groups is 1. The number of halogens is 1. The average Bonchev–Trinajstić information content (AvgIpc) is 3.46. The van der Waals surface area contributed by atoms with Gasteiger partial charge in [0, 0.05) is 17.3 Å². The molecule has 2 aliphatic rings. The fourth-order valence-corrected chi connectivity index (χ4v) is 5.92. The van der Waals surface area contributed by atoms with E-state index in [1.165, 1.54) is 12.8 Å². The van der Waals surface area contributed by atoms with Crippen molar-refractivity contribution in [3.05, 3.63) is 62.4 Å². The maximum absolute atomic E-state index is 13.7. The van der Waals surface area contributed by atoms with Gasteiger partial charge in [0.25, 0.3) is 0 Å². The standard InChI is InChI=1S/C29H34ClN3O5/c1-36-25-15-19(16-26(37-2)29(25)38-3)18-13-22(31-9-6-12-32-10-4-5-11-32)27-24(14-18)33(35)23-8-7-20(30)17-21(23)28(27)34/h7-8,15-18,35H,4-6,9-14H2,1-3H3. The molecule has 2 heterocycles. The molecule has 1 aromatic heterocycles. The highest BCUT2D eigenvalue weighted by atomic mass is 35.5. The molecule has 1 aliphatic heterocycles. The van der Waals surface area contributed by atoms with E-state index in [0.29, 0.717) is 69.5 Å². The first-order valence-electron chi connectivity index (χ1n) is 13.1. The average molecular weight is 540 g/mol. The lowest BCUT2D eigenvalue weighted by Crippen LogP contribution is -2.31. The maximum atomic E-state index is 13.7. The van der Waals surface area contributed by atoms with E-state index in [0.717, 1.165) is 36.3 Å². The Morgan fingerprint density at radius 3 is 2.39 bits per heavy atom. The maximum Gasteiger partial charge on any atom is 0.203 e. The molecule has 38 heavy (non-hydrogen) atoms. The molecule has 0 bridgehead atoms. The van der Waals surface area contributed by atoms with Crippen molar-refractivity contribution >= 4 is 28.2 Å². The smallest absolute Gasteiger partial charge is 0.203 e. The van der Waals surface area contributed by atoms with E-state index in [1.807, 2.05) is 12.1 Å². The van der Waals surface area contributed by atoms with Crippen LogP contribution in [0.2, 0.25) is 5.02 Å². The van der Waals surface area contributed by atoms with Gasteiger partial charge in [0.1, 0.15) is 0 Å². The van der Waals surface area contributed by atoms with Crippen LogP contribution >= 0.6 is 11.6 Å². The molecule has 1 N–H and O–H groups in total. The minimum Gasteiger partial charge on any atom is -0.493 e. The van der Waals surface area contributed by atoms with E-state index in [1.54, 1.807) is 39.5 Å². The van der Waals surface area contributed by atoms with Gasteiger partial charge in [-0.3, -0.25) is 9.79 Å². The summed E-state index contributed by atoms with van der Waals surface area (Å²) in [5, 5.41) is 12.1. The van der Waals surface area contributed by atoms with Crippen molar-refractivity contribution in [3.8, 4) is 17.2 Å². The van der Waals surface area contributed by atoms with E-state index in [-0.39, 0.29) is 11.3 Å². The van der Waals surface area contributed by atoms with Gasteiger partial charge in [0.2, 0.25) is 5.75 Å². The molecule has 0 radical (unpaired) electrons. The number of likely N-dealkylation sites (tertiary alicyclic amines) is 1. The van der Waals surface area contributed by atoms with Gasteiger partial charge in [-0.25, -0.2) is 0 Å². The predicted octanol–water partition coefficient (Wildman–Crippen LogP) is 4.92. The molecule has 5 rings (SSSR count). The highest BCUT2D eigenvalue weighted by Gasteiger charge is 2.32. The molecule has 1 saturated heterocycles. The molecule has 1 unspecified atom stereocenters. The van der Waals surface area contributed by atoms with Crippen molar-refractivity contribution in [1.29, 1.82) is 0 Å². The molecule has 1 fully saturated rings. The number of pyridine rings is 1. The Kier molecular flexibility index (Phi) is 7.81. The van der Waals surface area contributed by atoms with Gasteiger partial charge in [0.15, 0.2) is 16.9 Å². The molecule has 8 nitrogen and oxygen atoms in total. The number of hydrogen-bond acceptors (Lipinski definition) is 7. The minimum absolute atomic E-state index is 0.0592. The fourth-order valence-electron chi connectivity index (χ4n) is 5.75. The van der Waals surface area contributed by atoms with Crippen LogP contribution in [0.3, 0.4) is 0 Å². The molecule has 0 saturated carbocycles. The third-order valence-corrected chi connectivity index (χ3v) is 7.90. The molecular weight excluding hydrogens is 506 g/mol. The van der Waals surface area contributed by atoms with E-state index in [9.17, 15) is 10.0 Å². The Morgan fingerprint density at radius 2 is 1.74 bits per heavy atom. The van der Waals surface area contributed by atoms with Gasteiger partial charge in [-0.2, -0.15) is 4.73 Å². The third kappa shape index (κ3) is 4.95. The zero-order chi connectivity index (χ0) is 26.8. The summed E-state index contributed by atoms with van der Waals surface area (Å²) in [6.45, 7) is 3.90. The van der Waals surface area contributed by atoms with Crippen molar-refractivity contribution in [2.45, 2.75) is 38.0 Å². The normalized spacial score (nSPS) is 18.6. The first kappa shape index (κ1) is 26.4. The Bertz CT molecular complexity index is 1400. The second-order valence-corrected chi connectivity index (χ2v) is 10.4. The highest BCUT2D eigenvalue weighted by molar-refractivity contribution is 6.31. The van der Waals surface area contributed by atoms with Crippen LogP contribution in [0, 0.1) is 0 Å². The van der Waals surface area contributed by atoms with Crippen LogP contribution in [0.25, 0.3) is 10.9 Å². The third-order valence-electron chi connectivity index (χ3n) is 7.66. The first-order valence-corrected chi connectivity index (χ1v) is 13.4. The first-order chi connectivity index (χ1) is 18.4.